The zero-order valence-corrected chi connectivity index (χ0v) is 11.6. The number of carbonyl (C=O) groups is 1. The Balaban J connectivity index is 2.05. The van der Waals surface area contributed by atoms with E-state index in [1.165, 1.54) is 5.56 Å². The van der Waals surface area contributed by atoms with Crippen molar-refractivity contribution in [1.29, 1.82) is 0 Å². The van der Waals surface area contributed by atoms with Crippen molar-refractivity contribution in [2.24, 2.45) is 5.92 Å². The maximum absolute atomic E-state index is 10.7. The van der Waals surface area contributed by atoms with Crippen LogP contribution in [0.4, 0.5) is 5.69 Å². The summed E-state index contributed by atoms with van der Waals surface area (Å²) >= 11 is 0. The first-order valence-electron chi connectivity index (χ1n) is 6.71. The summed E-state index contributed by atoms with van der Waals surface area (Å²) in [5.41, 5.74) is 2.33. The van der Waals surface area contributed by atoms with Crippen LogP contribution < -0.4 is 9.64 Å². The van der Waals surface area contributed by atoms with Crippen molar-refractivity contribution in [3.63, 3.8) is 0 Å². The number of hydrogen-bond acceptors (Lipinski definition) is 3. The number of piperidine rings is 1. The second kappa shape index (κ2) is 5.95. The van der Waals surface area contributed by atoms with Crippen LogP contribution in [0.1, 0.15) is 24.8 Å². The van der Waals surface area contributed by atoms with Gasteiger partial charge in [-0.05, 0) is 43.4 Å². The van der Waals surface area contributed by atoms with Crippen molar-refractivity contribution < 1.29 is 14.6 Å². The van der Waals surface area contributed by atoms with Crippen molar-refractivity contribution in [2.75, 3.05) is 25.1 Å². The zero-order valence-electron chi connectivity index (χ0n) is 11.6. The molecule has 1 aromatic rings. The molecule has 2 rings (SSSR count). The fraction of sp³-hybridized carbons (Fsp3) is 0.533. The summed E-state index contributed by atoms with van der Waals surface area (Å²) in [6.45, 7) is 3.87. The quantitative estimate of drug-likeness (QED) is 0.907. The topological polar surface area (TPSA) is 49.8 Å². The molecule has 0 aliphatic carbocycles. The molecule has 1 aliphatic heterocycles. The maximum atomic E-state index is 10.7. The van der Waals surface area contributed by atoms with E-state index in [-0.39, 0.29) is 0 Å². The predicted molar refractivity (Wildman–Crippen MR) is 74.9 cm³/mol. The Bertz CT molecular complexity index is 451. The van der Waals surface area contributed by atoms with Crippen LogP contribution in [-0.2, 0) is 4.79 Å². The molecule has 1 N–H and O–H groups in total. The monoisotopic (exact) mass is 263 g/mol. The Morgan fingerprint density at radius 2 is 2.11 bits per heavy atom. The summed E-state index contributed by atoms with van der Waals surface area (Å²) in [6, 6.07) is 6.17. The molecule has 0 radical (unpaired) electrons. The van der Waals surface area contributed by atoms with Crippen molar-refractivity contribution in [1.82, 2.24) is 0 Å². The van der Waals surface area contributed by atoms with Crippen LogP contribution in [0.3, 0.4) is 0 Å². The molecule has 0 spiro atoms. The third kappa shape index (κ3) is 3.40. The van der Waals surface area contributed by atoms with Crippen LogP contribution in [0.15, 0.2) is 18.2 Å². The smallest absolute Gasteiger partial charge is 0.303 e. The van der Waals surface area contributed by atoms with E-state index in [1.807, 2.05) is 12.1 Å². The van der Waals surface area contributed by atoms with Gasteiger partial charge in [-0.15, -0.1) is 0 Å². The van der Waals surface area contributed by atoms with Crippen LogP contribution in [0.5, 0.6) is 5.75 Å². The van der Waals surface area contributed by atoms with Crippen LogP contribution in [0.25, 0.3) is 0 Å². The fourth-order valence-electron chi connectivity index (χ4n) is 2.67. The lowest BCUT2D eigenvalue weighted by molar-refractivity contribution is -0.138. The molecule has 0 aromatic heterocycles. The predicted octanol–water partition coefficient (Wildman–Crippen LogP) is 2.69. The van der Waals surface area contributed by atoms with E-state index < -0.39 is 5.97 Å². The number of anilines is 1. The first kappa shape index (κ1) is 13.7. The Kier molecular flexibility index (Phi) is 4.30. The zero-order chi connectivity index (χ0) is 13.8. The molecule has 0 atom stereocenters. The second-order valence-electron chi connectivity index (χ2n) is 5.20. The number of aliphatic carboxylic acids is 1. The van der Waals surface area contributed by atoms with Gasteiger partial charge in [-0.1, -0.05) is 6.07 Å². The molecule has 1 heterocycles. The van der Waals surface area contributed by atoms with Gasteiger partial charge in [0, 0.05) is 19.5 Å². The molecule has 4 heteroatoms. The summed E-state index contributed by atoms with van der Waals surface area (Å²) in [4.78, 5) is 13.0. The molecular formula is C15H21NO3. The molecule has 19 heavy (non-hydrogen) atoms. The van der Waals surface area contributed by atoms with E-state index in [0.717, 1.165) is 37.4 Å². The van der Waals surface area contributed by atoms with E-state index in [9.17, 15) is 4.79 Å². The number of ether oxygens (including phenoxy) is 1. The summed E-state index contributed by atoms with van der Waals surface area (Å²) in [6.07, 6.45) is 2.16. The largest absolute Gasteiger partial charge is 0.495 e. The van der Waals surface area contributed by atoms with Crippen molar-refractivity contribution in [3.05, 3.63) is 23.8 Å². The van der Waals surface area contributed by atoms with Gasteiger partial charge in [-0.3, -0.25) is 4.79 Å². The Hall–Kier alpha value is -1.71. The van der Waals surface area contributed by atoms with Crippen molar-refractivity contribution in [3.8, 4) is 5.75 Å². The van der Waals surface area contributed by atoms with Crippen molar-refractivity contribution >= 4 is 11.7 Å². The molecule has 0 unspecified atom stereocenters. The molecule has 1 fully saturated rings. The average molecular weight is 263 g/mol. The molecule has 1 aliphatic rings. The molecule has 1 aromatic carbocycles. The highest BCUT2D eigenvalue weighted by Crippen LogP contribution is 2.32. The Morgan fingerprint density at radius 1 is 1.42 bits per heavy atom. The molecular weight excluding hydrogens is 242 g/mol. The summed E-state index contributed by atoms with van der Waals surface area (Å²) in [5.74, 6) is 0.512. The van der Waals surface area contributed by atoms with Crippen LogP contribution in [-0.4, -0.2) is 31.3 Å². The number of hydrogen-bond donors (Lipinski definition) is 1. The normalized spacial score (nSPS) is 16.4. The number of carboxylic acid groups (broad SMARTS) is 1. The van der Waals surface area contributed by atoms with Gasteiger partial charge < -0.3 is 14.7 Å². The van der Waals surface area contributed by atoms with Gasteiger partial charge in [0.2, 0.25) is 0 Å². The molecule has 0 saturated carbocycles. The highest BCUT2D eigenvalue weighted by atomic mass is 16.5. The lowest BCUT2D eigenvalue weighted by atomic mass is 9.93. The van der Waals surface area contributed by atoms with Gasteiger partial charge in [0.25, 0.3) is 0 Å². The molecule has 0 amide bonds. The lowest BCUT2D eigenvalue weighted by Crippen LogP contribution is -2.34. The highest BCUT2D eigenvalue weighted by Gasteiger charge is 2.23. The third-order valence-electron chi connectivity index (χ3n) is 3.75. The molecule has 104 valence electrons. The van der Waals surface area contributed by atoms with E-state index >= 15 is 0 Å². The number of benzene rings is 1. The van der Waals surface area contributed by atoms with E-state index in [0.29, 0.717) is 12.3 Å². The van der Waals surface area contributed by atoms with Crippen LogP contribution in [0, 0.1) is 12.8 Å². The van der Waals surface area contributed by atoms with E-state index in [4.69, 9.17) is 9.84 Å². The lowest BCUT2D eigenvalue weighted by Gasteiger charge is -2.34. The van der Waals surface area contributed by atoms with Gasteiger partial charge in [0.1, 0.15) is 5.75 Å². The van der Waals surface area contributed by atoms with Gasteiger partial charge >= 0.3 is 5.97 Å². The third-order valence-corrected chi connectivity index (χ3v) is 3.75. The Labute approximate surface area is 114 Å². The standard InChI is InChI=1S/C15H21NO3/c1-11-3-4-14(19-2)13(9-11)16-7-5-12(6-8-16)10-15(17)18/h3-4,9,12H,5-8,10H2,1-2H3,(H,17,18). The minimum absolute atomic E-state index is 0.290. The molecule has 0 bridgehead atoms. The van der Waals surface area contributed by atoms with Gasteiger partial charge in [0.05, 0.1) is 12.8 Å². The Morgan fingerprint density at radius 3 is 2.68 bits per heavy atom. The minimum atomic E-state index is -0.688. The number of rotatable bonds is 4. The second-order valence-corrected chi connectivity index (χ2v) is 5.20. The van der Waals surface area contributed by atoms with Gasteiger partial charge in [-0.25, -0.2) is 0 Å². The first-order valence-corrected chi connectivity index (χ1v) is 6.71. The summed E-state index contributed by atoms with van der Waals surface area (Å²) < 4.78 is 5.41. The minimum Gasteiger partial charge on any atom is -0.495 e. The van der Waals surface area contributed by atoms with Crippen LogP contribution in [0.2, 0.25) is 0 Å². The van der Waals surface area contributed by atoms with E-state index in [2.05, 4.69) is 17.9 Å². The van der Waals surface area contributed by atoms with E-state index in [1.54, 1.807) is 7.11 Å². The number of aryl methyl sites for hydroxylation is 1. The molecule has 1 saturated heterocycles. The SMILES string of the molecule is COc1ccc(C)cc1N1CCC(CC(=O)O)CC1. The fourth-order valence-corrected chi connectivity index (χ4v) is 2.67. The number of methoxy groups -OCH3 is 1. The van der Waals surface area contributed by atoms with Crippen molar-refractivity contribution in [2.45, 2.75) is 26.2 Å². The van der Waals surface area contributed by atoms with Gasteiger partial charge in [0.15, 0.2) is 0 Å². The number of nitrogens with zero attached hydrogens (tertiary/aromatic N) is 1. The summed E-state index contributed by atoms with van der Waals surface area (Å²) in [5, 5.41) is 8.83. The first-order chi connectivity index (χ1) is 9.10. The average Bonchev–Trinajstić information content (AvgIpc) is 2.39. The molecule has 4 nitrogen and oxygen atoms in total. The van der Waals surface area contributed by atoms with Crippen LogP contribution >= 0.6 is 0 Å². The van der Waals surface area contributed by atoms with Gasteiger partial charge in [-0.2, -0.15) is 0 Å². The number of carboxylic acids is 1. The highest BCUT2D eigenvalue weighted by molar-refractivity contribution is 5.67. The summed E-state index contributed by atoms with van der Waals surface area (Å²) in [7, 11) is 1.69. The maximum Gasteiger partial charge on any atom is 0.303 e.